The van der Waals surface area contributed by atoms with Crippen molar-refractivity contribution < 1.29 is 19.3 Å². The Morgan fingerprint density at radius 3 is 2.48 bits per heavy atom. The van der Waals surface area contributed by atoms with Gasteiger partial charge in [0.2, 0.25) is 0 Å². The molecule has 1 aliphatic rings. The van der Waals surface area contributed by atoms with Crippen molar-refractivity contribution in [3.63, 3.8) is 0 Å². The molecule has 0 aromatic heterocycles. The van der Waals surface area contributed by atoms with Crippen LogP contribution in [0, 0.1) is 13.8 Å². The van der Waals surface area contributed by atoms with E-state index in [1.807, 2.05) is 26.0 Å². The summed E-state index contributed by atoms with van der Waals surface area (Å²) in [6.45, 7) is 5.85. The van der Waals surface area contributed by atoms with Gasteiger partial charge in [0.1, 0.15) is 18.5 Å². The number of aliphatic hydroxyl groups is 1. The van der Waals surface area contributed by atoms with Crippen LogP contribution in [0.25, 0.3) is 0 Å². The fourth-order valence-corrected chi connectivity index (χ4v) is 2.43. The maximum Gasteiger partial charge on any atom is 0.120 e. The molecule has 1 aliphatic heterocycles. The Morgan fingerprint density at radius 1 is 1.24 bits per heavy atom. The van der Waals surface area contributed by atoms with Crippen LogP contribution in [0.4, 0.5) is 0 Å². The zero-order valence-electron chi connectivity index (χ0n) is 12.6. The summed E-state index contributed by atoms with van der Waals surface area (Å²) >= 11 is 6.11. The van der Waals surface area contributed by atoms with Crippen molar-refractivity contribution in [2.45, 2.75) is 38.9 Å². The van der Waals surface area contributed by atoms with Gasteiger partial charge in [-0.1, -0.05) is 11.6 Å². The Hall–Kier alpha value is -0.810. The third-order valence-corrected chi connectivity index (χ3v) is 4.14. The Balaban J connectivity index is 1.74. The van der Waals surface area contributed by atoms with Crippen LogP contribution in [0.5, 0.6) is 5.75 Å². The Kier molecular flexibility index (Phi) is 6.30. The lowest BCUT2D eigenvalue weighted by molar-refractivity contribution is -0.0659. The van der Waals surface area contributed by atoms with Crippen LogP contribution in [0.2, 0.25) is 5.02 Å². The van der Waals surface area contributed by atoms with E-state index in [2.05, 4.69) is 0 Å². The zero-order chi connectivity index (χ0) is 15.2. The quantitative estimate of drug-likeness (QED) is 0.877. The lowest BCUT2D eigenvalue weighted by Crippen LogP contribution is -2.30. The molecule has 1 heterocycles. The van der Waals surface area contributed by atoms with Gasteiger partial charge in [-0.15, -0.1) is 0 Å². The number of aliphatic hydroxyl groups excluding tert-OH is 1. The standard InChI is InChI=1S/C16H23ClO4/c1-11-7-15(8-12(2)16(11)17)21-10-13(18)9-20-14-3-5-19-6-4-14/h7-8,13-14,18H,3-6,9-10H2,1-2H3. The third-order valence-electron chi connectivity index (χ3n) is 3.54. The minimum absolute atomic E-state index is 0.188. The molecule has 1 unspecified atom stereocenters. The molecule has 0 saturated carbocycles. The highest BCUT2D eigenvalue weighted by molar-refractivity contribution is 6.32. The van der Waals surface area contributed by atoms with Crippen LogP contribution in [0.15, 0.2) is 12.1 Å². The minimum Gasteiger partial charge on any atom is -0.491 e. The first-order valence-electron chi connectivity index (χ1n) is 7.33. The van der Waals surface area contributed by atoms with Crippen LogP contribution in [0.1, 0.15) is 24.0 Å². The summed E-state index contributed by atoms with van der Waals surface area (Å²) in [5.41, 5.74) is 1.94. The highest BCUT2D eigenvalue weighted by Gasteiger charge is 2.16. The van der Waals surface area contributed by atoms with Gasteiger partial charge in [0.25, 0.3) is 0 Å². The molecule has 4 nitrogen and oxygen atoms in total. The largest absolute Gasteiger partial charge is 0.491 e. The molecule has 2 rings (SSSR count). The number of rotatable bonds is 6. The lowest BCUT2D eigenvalue weighted by Gasteiger charge is -2.23. The number of ether oxygens (including phenoxy) is 3. The van der Waals surface area contributed by atoms with Crippen LogP contribution >= 0.6 is 11.6 Å². The van der Waals surface area contributed by atoms with Crippen LogP contribution in [-0.4, -0.2) is 43.7 Å². The number of benzene rings is 1. The first-order valence-corrected chi connectivity index (χ1v) is 7.71. The van der Waals surface area contributed by atoms with Crippen molar-refractivity contribution in [1.29, 1.82) is 0 Å². The molecule has 5 heteroatoms. The zero-order valence-corrected chi connectivity index (χ0v) is 13.4. The number of aryl methyl sites for hydroxylation is 2. The second-order valence-electron chi connectivity index (χ2n) is 5.48. The Bertz CT molecular complexity index is 435. The molecule has 1 atom stereocenters. The number of halogens is 1. The van der Waals surface area contributed by atoms with Gasteiger partial charge < -0.3 is 19.3 Å². The predicted octanol–water partition coefficient (Wildman–Crippen LogP) is 2.89. The molecular formula is C16H23ClO4. The monoisotopic (exact) mass is 314 g/mol. The van der Waals surface area contributed by atoms with E-state index in [0.717, 1.165) is 48.0 Å². The van der Waals surface area contributed by atoms with Gasteiger partial charge >= 0.3 is 0 Å². The van der Waals surface area contributed by atoms with Gasteiger partial charge in [-0.25, -0.2) is 0 Å². The van der Waals surface area contributed by atoms with Gasteiger partial charge in [-0.3, -0.25) is 0 Å². The van der Waals surface area contributed by atoms with Crippen LogP contribution in [0.3, 0.4) is 0 Å². The fourth-order valence-electron chi connectivity index (χ4n) is 2.32. The van der Waals surface area contributed by atoms with Gasteiger partial charge in [-0.2, -0.15) is 0 Å². The fraction of sp³-hybridized carbons (Fsp3) is 0.625. The summed E-state index contributed by atoms with van der Waals surface area (Å²) in [7, 11) is 0. The van der Waals surface area contributed by atoms with Crippen molar-refractivity contribution in [2.75, 3.05) is 26.4 Å². The first kappa shape index (κ1) is 16.6. The van der Waals surface area contributed by atoms with Gasteiger partial charge in [0, 0.05) is 18.2 Å². The minimum atomic E-state index is -0.635. The van der Waals surface area contributed by atoms with E-state index in [-0.39, 0.29) is 19.3 Å². The molecule has 1 aromatic carbocycles. The van der Waals surface area contributed by atoms with E-state index in [4.69, 9.17) is 25.8 Å². The van der Waals surface area contributed by atoms with Crippen molar-refractivity contribution in [3.8, 4) is 5.75 Å². The molecule has 0 radical (unpaired) electrons. The first-order chi connectivity index (χ1) is 10.1. The average molecular weight is 315 g/mol. The predicted molar refractivity (Wildman–Crippen MR) is 82.2 cm³/mol. The molecule has 1 fully saturated rings. The summed E-state index contributed by atoms with van der Waals surface area (Å²) in [6, 6.07) is 3.75. The van der Waals surface area contributed by atoms with E-state index < -0.39 is 6.10 Å². The molecule has 1 N–H and O–H groups in total. The van der Waals surface area contributed by atoms with Crippen molar-refractivity contribution >= 4 is 11.6 Å². The summed E-state index contributed by atoms with van der Waals surface area (Å²) in [6.07, 6.45) is 1.34. The second kappa shape index (κ2) is 7.99. The SMILES string of the molecule is Cc1cc(OCC(O)COC2CCOCC2)cc(C)c1Cl. The van der Waals surface area contributed by atoms with Crippen molar-refractivity contribution in [2.24, 2.45) is 0 Å². The highest BCUT2D eigenvalue weighted by Crippen LogP contribution is 2.25. The van der Waals surface area contributed by atoms with Crippen molar-refractivity contribution in [3.05, 3.63) is 28.3 Å². The average Bonchev–Trinajstić information content (AvgIpc) is 2.49. The number of hydrogen-bond acceptors (Lipinski definition) is 4. The molecule has 21 heavy (non-hydrogen) atoms. The van der Waals surface area contributed by atoms with E-state index in [1.165, 1.54) is 0 Å². The van der Waals surface area contributed by atoms with Gasteiger partial charge in [0.05, 0.1) is 12.7 Å². The number of hydrogen-bond donors (Lipinski definition) is 1. The molecule has 118 valence electrons. The summed E-state index contributed by atoms with van der Waals surface area (Å²) in [5, 5.41) is 10.7. The Morgan fingerprint density at radius 2 is 1.86 bits per heavy atom. The van der Waals surface area contributed by atoms with E-state index in [1.54, 1.807) is 0 Å². The Labute approximate surface area is 131 Å². The second-order valence-corrected chi connectivity index (χ2v) is 5.86. The van der Waals surface area contributed by atoms with Crippen molar-refractivity contribution in [1.82, 2.24) is 0 Å². The summed E-state index contributed by atoms with van der Waals surface area (Å²) in [4.78, 5) is 0. The van der Waals surface area contributed by atoms with E-state index in [9.17, 15) is 5.11 Å². The highest BCUT2D eigenvalue weighted by atomic mass is 35.5. The van der Waals surface area contributed by atoms with Crippen LogP contribution in [-0.2, 0) is 9.47 Å². The third kappa shape index (κ3) is 5.15. The molecule has 0 aliphatic carbocycles. The summed E-state index contributed by atoms with van der Waals surface area (Å²) < 4.78 is 16.5. The summed E-state index contributed by atoms with van der Waals surface area (Å²) in [5.74, 6) is 0.722. The van der Waals surface area contributed by atoms with E-state index >= 15 is 0 Å². The van der Waals surface area contributed by atoms with Gasteiger partial charge in [0.15, 0.2) is 0 Å². The maximum atomic E-state index is 9.93. The molecule has 1 saturated heterocycles. The molecule has 1 aromatic rings. The lowest BCUT2D eigenvalue weighted by atomic mass is 10.1. The molecule has 0 bridgehead atoms. The topological polar surface area (TPSA) is 47.9 Å². The normalized spacial score (nSPS) is 17.7. The molecule has 0 spiro atoms. The molecular weight excluding hydrogens is 292 g/mol. The maximum absolute atomic E-state index is 9.93. The van der Waals surface area contributed by atoms with Crippen LogP contribution < -0.4 is 4.74 Å². The van der Waals surface area contributed by atoms with E-state index in [0.29, 0.717) is 0 Å². The smallest absolute Gasteiger partial charge is 0.120 e. The molecule has 0 amide bonds. The van der Waals surface area contributed by atoms with Gasteiger partial charge in [-0.05, 0) is 49.9 Å².